The molecule has 0 aliphatic carbocycles. The molecule has 1 N–H and O–H groups in total. The van der Waals surface area contributed by atoms with E-state index < -0.39 is 11.4 Å². The standard InChI is InChI=1S/C11H11N3O2/c1-11(2)12-8-6-4-3-5-7(8)9-13-16-10(15)14(9)11/h3-6,12H,1-2H3. The van der Waals surface area contributed by atoms with E-state index >= 15 is 0 Å². The van der Waals surface area contributed by atoms with E-state index in [1.807, 2.05) is 38.1 Å². The summed E-state index contributed by atoms with van der Waals surface area (Å²) in [5.74, 6) is 0.131. The van der Waals surface area contributed by atoms with Gasteiger partial charge < -0.3 is 5.32 Å². The molecular weight excluding hydrogens is 206 g/mol. The monoisotopic (exact) mass is 217 g/mol. The van der Waals surface area contributed by atoms with E-state index in [4.69, 9.17) is 4.52 Å². The molecule has 0 amide bonds. The molecule has 16 heavy (non-hydrogen) atoms. The average molecular weight is 217 g/mol. The van der Waals surface area contributed by atoms with Crippen molar-refractivity contribution in [3.05, 3.63) is 34.8 Å². The van der Waals surface area contributed by atoms with Crippen molar-refractivity contribution in [2.75, 3.05) is 5.32 Å². The number of nitrogens with one attached hydrogen (secondary N) is 1. The summed E-state index contributed by atoms with van der Waals surface area (Å²) in [7, 11) is 0. The van der Waals surface area contributed by atoms with Gasteiger partial charge in [-0.3, -0.25) is 4.52 Å². The minimum absolute atomic E-state index is 0.443. The summed E-state index contributed by atoms with van der Waals surface area (Å²) < 4.78 is 6.25. The minimum Gasteiger partial charge on any atom is -0.362 e. The molecule has 3 rings (SSSR count). The average Bonchev–Trinajstić information content (AvgIpc) is 2.61. The van der Waals surface area contributed by atoms with Gasteiger partial charge in [0.25, 0.3) is 0 Å². The van der Waals surface area contributed by atoms with Crippen molar-refractivity contribution in [2.24, 2.45) is 0 Å². The fourth-order valence-corrected chi connectivity index (χ4v) is 2.09. The third-order valence-corrected chi connectivity index (χ3v) is 2.77. The van der Waals surface area contributed by atoms with Crippen LogP contribution < -0.4 is 11.1 Å². The smallest absolute Gasteiger partial charge is 0.362 e. The van der Waals surface area contributed by atoms with Crippen LogP contribution in [-0.4, -0.2) is 9.72 Å². The molecule has 2 aromatic rings. The Morgan fingerprint density at radius 1 is 1.38 bits per heavy atom. The van der Waals surface area contributed by atoms with Gasteiger partial charge in [0.1, 0.15) is 5.66 Å². The van der Waals surface area contributed by atoms with Gasteiger partial charge in [-0.15, -0.1) is 0 Å². The fraction of sp³-hybridized carbons (Fsp3) is 0.273. The van der Waals surface area contributed by atoms with E-state index in [1.165, 1.54) is 4.57 Å². The molecule has 5 nitrogen and oxygen atoms in total. The Morgan fingerprint density at radius 2 is 2.12 bits per heavy atom. The molecular formula is C11H11N3O2. The van der Waals surface area contributed by atoms with E-state index in [1.54, 1.807) is 0 Å². The largest absolute Gasteiger partial charge is 0.443 e. The predicted octanol–water partition coefficient (Wildman–Crippen LogP) is 1.62. The van der Waals surface area contributed by atoms with Crippen molar-refractivity contribution in [2.45, 2.75) is 19.5 Å². The van der Waals surface area contributed by atoms with Crippen LogP contribution in [0, 0.1) is 0 Å². The Hall–Kier alpha value is -2.04. The highest BCUT2D eigenvalue weighted by atomic mass is 16.5. The molecule has 1 aliphatic rings. The molecule has 0 spiro atoms. The molecule has 0 saturated heterocycles. The normalized spacial score (nSPS) is 16.1. The molecule has 0 bridgehead atoms. The maximum Gasteiger partial charge on any atom is 0.443 e. The zero-order valence-electron chi connectivity index (χ0n) is 9.02. The van der Waals surface area contributed by atoms with Crippen molar-refractivity contribution in [3.63, 3.8) is 0 Å². The highest BCUT2D eigenvalue weighted by Gasteiger charge is 2.33. The second-order valence-corrected chi connectivity index (χ2v) is 4.34. The zero-order valence-corrected chi connectivity index (χ0v) is 9.02. The summed E-state index contributed by atoms with van der Waals surface area (Å²) in [4.78, 5) is 11.6. The summed E-state index contributed by atoms with van der Waals surface area (Å²) >= 11 is 0. The van der Waals surface area contributed by atoms with Gasteiger partial charge in [0.15, 0.2) is 5.82 Å². The minimum atomic E-state index is -0.527. The summed E-state index contributed by atoms with van der Waals surface area (Å²) in [6.45, 7) is 3.82. The Labute approximate surface area is 91.7 Å². The number of aromatic nitrogens is 2. The second-order valence-electron chi connectivity index (χ2n) is 4.34. The van der Waals surface area contributed by atoms with Gasteiger partial charge in [0.05, 0.1) is 0 Å². The van der Waals surface area contributed by atoms with E-state index in [0.29, 0.717) is 5.82 Å². The molecule has 0 fully saturated rings. The Morgan fingerprint density at radius 3 is 2.94 bits per heavy atom. The number of benzene rings is 1. The summed E-state index contributed by atoms with van der Waals surface area (Å²) in [6.07, 6.45) is 0. The first-order chi connectivity index (χ1) is 7.59. The number of nitrogens with zero attached hydrogens (tertiary/aromatic N) is 2. The maximum atomic E-state index is 11.6. The molecule has 0 radical (unpaired) electrons. The Bertz CT molecular complexity index is 610. The van der Waals surface area contributed by atoms with Gasteiger partial charge in [-0.05, 0) is 26.0 Å². The molecule has 1 aromatic carbocycles. The first-order valence-electron chi connectivity index (χ1n) is 5.06. The summed E-state index contributed by atoms with van der Waals surface area (Å²) in [5, 5.41) is 7.11. The van der Waals surface area contributed by atoms with Crippen LogP contribution in [0.15, 0.2) is 33.6 Å². The lowest BCUT2D eigenvalue weighted by Gasteiger charge is -2.33. The molecule has 2 heterocycles. The van der Waals surface area contributed by atoms with Gasteiger partial charge >= 0.3 is 5.76 Å². The van der Waals surface area contributed by atoms with Gasteiger partial charge in [-0.2, -0.15) is 0 Å². The van der Waals surface area contributed by atoms with Crippen LogP contribution in [0.3, 0.4) is 0 Å². The zero-order chi connectivity index (χ0) is 11.3. The predicted molar refractivity (Wildman–Crippen MR) is 59.1 cm³/mol. The first-order valence-corrected chi connectivity index (χ1v) is 5.06. The molecule has 0 saturated carbocycles. The number of fused-ring (bicyclic) bond motifs is 3. The third kappa shape index (κ3) is 1.05. The van der Waals surface area contributed by atoms with Gasteiger partial charge in [-0.25, -0.2) is 9.36 Å². The van der Waals surface area contributed by atoms with E-state index in [2.05, 4.69) is 10.5 Å². The molecule has 0 atom stereocenters. The van der Waals surface area contributed by atoms with Crippen LogP contribution in [0.25, 0.3) is 11.4 Å². The maximum absolute atomic E-state index is 11.6. The van der Waals surface area contributed by atoms with Crippen LogP contribution in [0.5, 0.6) is 0 Å². The Kier molecular flexibility index (Phi) is 1.58. The van der Waals surface area contributed by atoms with Crippen LogP contribution in [0.4, 0.5) is 5.69 Å². The highest BCUT2D eigenvalue weighted by molar-refractivity contribution is 5.76. The van der Waals surface area contributed by atoms with Crippen LogP contribution in [-0.2, 0) is 5.66 Å². The van der Waals surface area contributed by atoms with E-state index in [9.17, 15) is 4.79 Å². The SMILES string of the molecule is CC1(C)Nc2ccccc2-c2noc(=O)n21. The lowest BCUT2D eigenvalue weighted by Crippen LogP contribution is -2.43. The highest BCUT2D eigenvalue weighted by Crippen LogP contribution is 2.35. The van der Waals surface area contributed by atoms with Crippen LogP contribution in [0.1, 0.15) is 13.8 Å². The van der Waals surface area contributed by atoms with Crippen LogP contribution >= 0.6 is 0 Å². The molecule has 5 heteroatoms. The molecule has 1 aliphatic heterocycles. The fourth-order valence-electron chi connectivity index (χ4n) is 2.09. The number of anilines is 1. The van der Waals surface area contributed by atoms with E-state index in [0.717, 1.165) is 11.3 Å². The second kappa shape index (κ2) is 2.75. The number of hydrogen-bond acceptors (Lipinski definition) is 4. The van der Waals surface area contributed by atoms with Crippen LogP contribution in [0.2, 0.25) is 0 Å². The third-order valence-electron chi connectivity index (χ3n) is 2.77. The number of hydrogen-bond donors (Lipinski definition) is 1. The first kappa shape index (κ1) is 9.21. The van der Waals surface area contributed by atoms with Gasteiger partial charge in [-0.1, -0.05) is 17.3 Å². The number of rotatable bonds is 0. The summed E-state index contributed by atoms with van der Waals surface area (Å²) in [6, 6.07) is 7.71. The van der Waals surface area contributed by atoms with Crippen molar-refractivity contribution >= 4 is 5.69 Å². The lowest BCUT2D eigenvalue weighted by atomic mass is 10.1. The molecule has 0 unspecified atom stereocenters. The molecule has 82 valence electrons. The quantitative estimate of drug-likeness (QED) is 0.728. The van der Waals surface area contributed by atoms with Gasteiger partial charge in [0.2, 0.25) is 0 Å². The Balaban J connectivity index is 2.39. The number of para-hydroxylation sites is 1. The lowest BCUT2D eigenvalue weighted by molar-refractivity contribution is 0.336. The van der Waals surface area contributed by atoms with Crippen molar-refractivity contribution in [3.8, 4) is 11.4 Å². The molecule has 1 aromatic heterocycles. The van der Waals surface area contributed by atoms with Gasteiger partial charge in [0, 0.05) is 11.3 Å². The van der Waals surface area contributed by atoms with Crippen molar-refractivity contribution < 1.29 is 4.52 Å². The van der Waals surface area contributed by atoms with Crippen molar-refractivity contribution in [1.29, 1.82) is 0 Å². The van der Waals surface area contributed by atoms with Crippen molar-refractivity contribution in [1.82, 2.24) is 9.72 Å². The summed E-state index contributed by atoms with van der Waals surface area (Å²) in [5.41, 5.74) is 1.31. The van der Waals surface area contributed by atoms with E-state index in [-0.39, 0.29) is 0 Å². The topological polar surface area (TPSA) is 60.1 Å².